The van der Waals surface area contributed by atoms with Crippen molar-refractivity contribution in [3.05, 3.63) is 48.0 Å². The van der Waals surface area contributed by atoms with Gasteiger partial charge in [0.1, 0.15) is 36.9 Å². The van der Waals surface area contributed by atoms with Gasteiger partial charge in [-0.1, -0.05) is 97.7 Å². The molecule has 2 unspecified atom stereocenters. The maximum atomic E-state index is 12.4. The van der Waals surface area contributed by atoms with Crippen molar-refractivity contribution >= 4 is 33.5 Å². The van der Waals surface area contributed by atoms with E-state index < -0.39 is 0 Å². The van der Waals surface area contributed by atoms with E-state index in [0.29, 0.717) is 25.7 Å². The van der Waals surface area contributed by atoms with Crippen LogP contribution in [0.15, 0.2) is 42.5 Å². The van der Waals surface area contributed by atoms with Crippen LogP contribution in [0.5, 0.6) is 11.5 Å². The lowest BCUT2D eigenvalue weighted by Crippen LogP contribution is -2.25. The van der Waals surface area contributed by atoms with Crippen molar-refractivity contribution in [1.29, 1.82) is 0 Å². The number of hydrogen-bond donors (Lipinski definition) is 0. The summed E-state index contributed by atoms with van der Waals surface area (Å²) in [7, 11) is 0. The molecule has 0 bridgehead atoms. The van der Waals surface area contributed by atoms with Gasteiger partial charge in [0.25, 0.3) is 0 Å². The van der Waals surface area contributed by atoms with Crippen LogP contribution < -0.4 is 9.47 Å². The number of ether oxygens (including phenoxy) is 4. The van der Waals surface area contributed by atoms with Crippen molar-refractivity contribution in [2.75, 3.05) is 13.2 Å². The molecule has 0 heterocycles. The molecule has 0 spiro atoms. The van der Waals surface area contributed by atoms with Crippen LogP contribution >= 0.6 is 0 Å². The van der Waals surface area contributed by atoms with Crippen LogP contribution in [0.4, 0.5) is 0 Å². The summed E-state index contributed by atoms with van der Waals surface area (Å²) in [6, 6.07) is 14.6. The van der Waals surface area contributed by atoms with Gasteiger partial charge in [0.2, 0.25) is 0 Å². The Morgan fingerprint density at radius 3 is 1.58 bits per heavy atom. The molecule has 0 saturated heterocycles. The molecule has 3 aromatic rings. The molecule has 0 amide bonds. The molecule has 236 valence electrons. The van der Waals surface area contributed by atoms with Gasteiger partial charge in [-0.2, -0.15) is 0 Å². The summed E-state index contributed by atoms with van der Waals surface area (Å²) >= 11 is 0. The molecular formula is C37H52O6. The molecule has 43 heavy (non-hydrogen) atoms. The molecule has 0 fully saturated rings. The zero-order valence-corrected chi connectivity index (χ0v) is 27.4. The Bertz CT molecular complexity index is 1340. The molecule has 6 heteroatoms. The van der Waals surface area contributed by atoms with Crippen LogP contribution in [-0.4, -0.2) is 37.4 Å². The van der Waals surface area contributed by atoms with Gasteiger partial charge in [0.05, 0.1) is 0 Å². The van der Waals surface area contributed by atoms with Gasteiger partial charge in [-0.3, -0.25) is 9.59 Å². The zero-order valence-electron chi connectivity index (χ0n) is 27.4. The van der Waals surface area contributed by atoms with Crippen molar-refractivity contribution < 1.29 is 28.5 Å². The number of benzene rings is 3. The predicted molar refractivity (Wildman–Crippen MR) is 175 cm³/mol. The van der Waals surface area contributed by atoms with Gasteiger partial charge in [-0.25, -0.2) is 0 Å². The van der Waals surface area contributed by atoms with Gasteiger partial charge in [-0.15, -0.1) is 0 Å². The Hall–Kier alpha value is -3.28. The molecular weight excluding hydrogens is 540 g/mol. The number of fused-ring (bicyclic) bond motifs is 2. The van der Waals surface area contributed by atoms with E-state index in [9.17, 15) is 9.59 Å². The fraction of sp³-hybridized carbons (Fsp3) is 0.568. The van der Waals surface area contributed by atoms with Crippen molar-refractivity contribution in [2.24, 2.45) is 0 Å². The number of carbonyl (C=O) groups is 2. The molecule has 0 aromatic heterocycles. The molecule has 0 radical (unpaired) electrons. The first kappa shape index (κ1) is 34.2. The summed E-state index contributed by atoms with van der Waals surface area (Å²) in [6.07, 6.45) is 6.03. The van der Waals surface area contributed by atoms with Crippen molar-refractivity contribution in [3.63, 3.8) is 0 Å². The summed E-state index contributed by atoms with van der Waals surface area (Å²) in [5.41, 5.74) is 1.18. The van der Waals surface area contributed by atoms with Crippen LogP contribution in [0.25, 0.3) is 21.5 Å². The molecule has 0 aliphatic rings. The van der Waals surface area contributed by atoms with E-state index in [1.807, 2.05) is 38.1 Å². The zero-order chi connectivity index (χ0) is 31.4. The second-order valence-corrected chi connectivity index (χ2v) is 12.1. The third kappa shape index (κ3) is 9.11. The minimum Gasteiger partial charge on any atom is -0.488 e. The second-order valence-electron chi connectivity index (χ2n) is 12.1. The van der Waals surface area contributed by atoms with Gasteiger partial charge < -0.3 is 18.9 Å². The molecule has 0 aliphatic carbocycles. The van der Waals surface area contributed by atoms with E-state index in [0.717, 1.165) is 65.1 Å². The van der Waals surface area contributed by atoms with E-state index >= 15 is 0 Å². The molecule has 0 saturated carbocycles. The highest BCUT2D eigenvalue weighted by atomic mass is 16.6. The van der Waals surface area contributed by atoms with Gasteiger partial charge in [-0.05, 0) is 49.1 Å². The number of esters is 2. The van der Waals surface area contributed by atoms with E-state index in [1.165, 1.54) is 5.56 Å². The Labute approximate surface area is 258 Å². The van der Waals surface area contributed by atoms with E-state index in [1.54, 1.807) is 0 Å². The maximum absolute atomic E-state index is 12.4. The third-order valence-electron chi connectivity index (χ3n) is 8.39. The molecule has 0 N–H and O–H groups in total. The second kappa shape index (κ2) is 16.5. The van der Waals surface area contributed by atoms with Gasteiger partial charge in [0.15, 0.2) is 0 Å². The maximum Gasteiger partial charge on any atom is 0.306 e. The van der Waals surface area contributed by atoms with Crippen LogP contribution in [0.3, 0.4) is 0 Å². The van der Waals surface area contributed by atoms with Crippen LogP contribution in [-0.2, 0) is 24.5 Å². The van der Waals surface area contributed by atoms with Gasteiger partial charge >= 0.3 is 11.9 Å². The molecule has 0 aliphatic heterocycles. The summed E-state index contributed by atoms with van der Waals surface area (Å²) in [5.74, 6) is 1.15. The van der Waals surface area contributed by atoms with Crippen LogP contribution in [0.1, 0.15) is 112 Å². The van der Waals surface area contributed by atoms with Crippen molar-refractivity contribution in [1.82, 2.24) is 0 Å². The summed E-state index contributed by atoms with van der Waals surface area (Å²) < 4.78 is 24.6. The number of carbonyl (C=O) groups excluding carboxylic acids is 2. The number of rotatable bonds is 18. The highest BCUT2D eigenvalue weighted by molar-refractivity contribution is 6.11. The molecule has 6 nitrogen and oxygen atoms in total. The Morgan fingerprint density at radius 2 is 1.14 bits per heavy atom. The van der Waals surface area contributed by atoms with Crippen molar-refractivity contribution in [2.45, 2.75) is 124 Å². The third-order valence-corrected chi connectivity index (χ3v) is 8.39. The van der Waals surface area contributed by atoms with Gasteiger partial charge in [0, 0.05) is 34.4 Å². The van der Waals surface area contributed by atoms with E-state index in [2.05, 4.69) is 52.8 Å². The SMILES string of the molecule is CCCCC(=O)OC(CC)COc1c2ccccc2c(OCC(CC)OC(=O)CCCC)c2cc(C(C)(C)CC)ccc12. The Morgan fingerprint density at radius 1 is 0.674 bits per heavy atom. The highest BCUT2D eigenvalue weighted by Crippen LogP contribution is 2.44. The first-order chi connectivity index (χ1) is 20.7. The topological polar surface area (TPSA) is 71.1 Å². The lowest BCUT2D eigenvalue weighted by molar-refractivity contribution is -0.151. The number of unbranched alkanes of at least 4 members (excludes halogenated alkanes) is 2. The Kier molecular flexibility index (Phi) is 13.2. The van der Waals surface area contributed by atoms with E-state index in [4.69, 9.17) is 18.9 Å². The van der Waals surface area contributed by atoms with Crippen molar-refractivity contribution in [3.8, 4) is 11.5 Å². The highest BCUT2D eigenvalue weighted by Gasteiger charge is 2.24. The minimum atomic E-state index is -0.336. The monoisotopic (exact) mass is 592 g/mol. The molecule has 3 rings (SSSR count). The number of hydrogen-bond acceptors (Lipinski definition) is 6. The summed E-state index contributed by atoms with van der Waals surface area (Å²) in [5, 5.41) is 3.74. The average molecular weight is 593 g/mol. The summed E-state index contributed by atoms with van der Waals surface area (Å²) in [6.45, 7) is 15.4. The summed E-state index contributed by atoms with van der Waals surface area (Å²) in [4.78, 5) is 24.7. The minimum absolute atomic E-state index is 0.0289. The van der Waals surface area contributed by atoms with Crippen LogP contribution in [0, 0.1) is 0 Å². The Balaban J connectivity index is 2.05. The van der Waals surface area contributed by atoms with Crippen LogP contribution in [0.2, 0.25) is 0 Å². The lowest BCUT2D eigenvalue weighted by Gasteiger charge is -2.26. The molecule has 2 atom stereocenters. The standard InChI is InChI=1S/C37H52O6/c1-8-13-19-33(38)42-27(10-3)24-40-35-29-17-15-16-18-30(29)36(41-25-28(11-4)43-34(39)20-14-9-2)32-23-26(21-22-31(32)35)37(6,7)12-5/h15-18,21-23,27-28H,8-14,19-20,24-25H2,1-7H3. The first-order valence-electron chi connectivity index (χ1n) is 16.3. The quantitative estimate of drug-likeness (QED) is 0.108. The fourth-order valence-electron chi connectivity index (χ4n) is 4.99. The normalized spacial score (nSPS) is 13.1. The first-order valence-corrected chi connectivity index (χ1v) is 16.3. The smallest absolute Gasteiger partial charge is 0.306 e. The average Bonchev–Trinajstić information content (AvgIpc) is 3.02. The fourth-order valence-corrected chi connectivity index (χ4v) is 4.99. The largest absolute Gasteiger partial charge is 0.488 e. The molecule has 3 aromatic carbocycles. The lowest BCUT2D eigenvalue weighted by atomic mass is 9.81. The predicted octanol–water partition coefficient (Wildman–Crippen LogP) is 9.46. The van der Waals surface area contributed by atoms with E-state index in [-0.39, 0.29) is 42.8 Å².